The smallest absolute Gasteiger partial charge is 0.00165 e. The van der Waals surface area contributed by atoms with E-state index in [1.165, 1.54) is 51.6 Å². The normalized spacial score (nSPS) is 32.4. The minimum atomic E-state index is 0.750. The Morgan fingerprint density at radius 1 is 1.13 bits per heavy atom. The zero-order valence-electron chi connectivity index (χ0n) is 10.8. The van der Waals surface area contributed by atoms with E-state index in [1.807, 2.05) is 0 Å². The van der Waals surface area contributed by atoms with E-state index in [1.54, 1.807) is 0 Å². The first-order valence-corrected chi connectivity index (χ1v) is 6.80. The fourth-order valence-corrected chi connectivity index (χ4v) is 3.62. The lowest BCUT2D eigenvalue weighted by Crippen LogP contribution is -2.41. The van der Waals surface area contributed by atoms with E-state index >= 15 is 0 Å². The number of nitrogens with zero attached hydrogens (tertiary/aromatic N) is 1. The molecule has 0 aromatic rings. The van der Waals surface area contributed by atoms with Crippen molar-refractivity contribution in [2.75, 3.05) is 20.1 Å². The van der Waals surface area contributed by atoms with E-state index in [-0.39, 0.29) is 0 Å². The number of rotatable bonds is 1. The highest BCUT2D eigenvalue weighted by molar-refractivity contribution is 4.90. The third kappa shape index (κ3) is 2.55. The average Bonchev–Trinajstić information content (AvgIpc) is 2.23. The third-order valence-corrected chi connectivity index (χ3v) is 4.97. The molecule has 0 N–H and O–H groups in total. The molecular weight excluding hydrogens is 182 g/mol. The van der Waals surface area contributed by atoms with Crippen LogP contribution in [0, 0.1) is 17.3 Å². The maximum absolute atomic E-state index is 2.50. The first-order valence-electron chi connectivity index (χ1n) is 6.80. The van der Waals surface area contributed by atoms with Crippen LogP contribution >= 0.6 is 0 Å². The Bertz CT molecular complexity index is 201. The van der Waals surface area contributed by atoms with Crippen molar-refractivity contribution in [1.29, 1.82) is 0 Å². The summed E-state index contributed by atoms with van der Waals surface area (Å²) < 4.78 is 0. The third-order valence-electron chi connectivity index (χ3n) is 4.97. The maximum atomic E-state index is 2.50. The molecule has 1 heteroatoms. The summed E-state index contributed by atoms with van der Waals surface area (Å²) in [6.45, 7) is 7.51. The van der Waals surface area contributed by atoms with Crippen LogP contribution in [0.3, 0.4) is 0 Å². The van der Waals surface area contributed by atoms with E-state index < -0.39 is 0 Å². The molecule has 1 aliphatic heterocycles. The predicted octanol–water partition coefficient (Wildman–Crippen LogP) is 3.54. The molecule has 0 amide bonds. The predicted molar refractivity (Wildman–Crippen MR) is 66.0 cm³/mol. The fraction of sp³-hybridized carbons (Fsp3) is 1.00. The molecule has 2 rings (SSSR count). The van der Waals surface area contributed by atoms with Crippen LogP contribution in [-0.4, -0.2) is 25.0 Å². The molecule has 1 unspecified atom stereocenters. The summed E-state index contributed by atoms with van der Waals surface area (Å²) in [6.07, 6.45) is 8.96. The Hall–Kier alpha value is -0.0400. The Morgan fingerprint density at radius 3 is 2.40 bits per heavy atom. The quantitative estimate of drug-likeness (QED) is 0.638. The van der Waals surface area contributed by atoms with Gasteiger partial charge in [-0.25, -0.2) is 0 Å². The van der Waals surface area contributed by atoms with Crippen LogP contribution in [0.5, 0.6) is 0 Å². The van der Waals surface area contributed by atoms with E-state index in [4.69, 9.17) is 0 Å². The van der Waals surface area contributed by atoms with Crippen molar-refractivity contribution in [2.45, 2.75) is 52.4 Å². The largest absolute Gasteiger partial charge is 0.306 e. The van der Waals surface area contributed by atoms with Gasteiger partial charge in [0.1, 0.15) is 0 Å². The Morgan fingerprint density at radius 2 is 1.80 bits per heavy atom. The zero-order chi connectivity index (χ0) is 10.9. The van der Waals surface area contributed by atoms with Gasteiger partial charge in [0.2, 0.25) is 0 Å². The summed E-state index contributed by atoms with van der Waals surface area (Å²) in [5.41, 5.74) is 0.750. The number of likely N-dealkylation sites (tertiary alicyclic amines) is 1. The highest BCUT2D eigenvalue weighted by atomic mass is 15.1. The summed E-state index contributed by atoms with van der Waals surface area (Å²) >= 11 is 0. The SMILES string of the molecule is CC(C)C1CCCC2(CCN(C)CC2)C1. The first kappa shape index (κ1) is 11.4. The Labute approximate surface area is 95.2 Å². The zero-order valence-corrected chi connectivity index (χ0v) is 10.8. The lowest BCUT2D eigenvalue weighted by Gasteiger charge is -2.47. The molecule has 2 aliphatic rings. The lowest BCUT2D eigenvalue weighted by atomic mass is 9.63. The maximum Gasteiger partial charge on any atom is -0.00165 e. The molecule has 15 heavy (non-hydrogen) atoms. The van der Waals surface area contributed by atoms with Crippen LogP contribution in [0.1, 0.15) is 52.4 Å². The molecule has 1 spiro atoms. The van der Waals surface area contributed by atoms with E-state index in [0.717, 1.165) is 17.3 Å². The molecular formula is C14H27N. The molecule has 1 aliphatic carbocycles. The van der Waals surface area contributed by atoms with E-state index in [0.29, 0.717) is 0 Å². The number of hydrogen-bond acceptors (Lipinski definition) is 1. The molecule has 0 aromatic heterocycles. The van der Waals surface area contributed by atoms with Gasteiger partial charge in [0, 0.05) is 0 Å². The van der Waals surface area contributed by atoms with E-state index in [9.17, 15) is 0 Å². The Balaban J connectivity index is 1.96. The summed E-state index contributed by atoms with van der Waals surface area (Å²) in [7, 11) is 2.27. The van der Waals surface area contributed by atoms with Crippen molar-refractivity contribution < 1.29 is 0 Å². The van der Waals surface area contributed by atoms with Gasteiger partial charge in [-0.05, 0) is 63.1 Å². The van der Waals surface area contributed by atoms with E-state index in [2.05, 4.69) is 25.8 Å². The van der Waals surface area contributed by atoms with Crippen molar-refractivity contribution in [3.63, 3.8) is 0 Å². The molecule has 0 bridgehead atoms. The molecule has 0 radical (unpaired) electrons. The van der Waals surface area contributed by atoms with Crippen molar-refractivity contribution in [1.82, 2.24) is 4.90 Å². The highest BCUT2D eigenvalue weighted by Gasteiger charge is 2.38. The minimum Gasteiger partial charge on any atom is -0.306 e. The molecule has 88 valence electrons. The summed E-state index contributed by atoms with van der Waals surface area (Å²) in [6, 6.07) is 0. The van der Waals surface area contributed by atoms with Gasteiger partial charge in [0.15, 0.2) is 0 Å². The average molecular weight is 209 g/mol. The van der Waals surface area contributed by atoms with Crippen molar-refractivity contribution in [3.8, 4) is 0 Å². The second-order valence-electron chi connectivity index (χ2n) is 6.40. The Kier molecular flexibility index (Phi) is 3.39. The lowest BCUT2D eigenvalue weighted by molar-refractivity contribution is 0.0426. The van der Waals surface area contributed by atoms with Gasteiger partial charge in [-0.2, -0.15) is 0 Å². The molecule has 1 atom stereocenters. The highest BCUT2D eigenvalue weighted by Crippen LogP contribution is 2.48. The van der Waals surface area contributed by atoms with Crippen LogP contribution < -0.4 is 0 Å². The summed E-state index contributed by atoms with van der Waals surface area (Å²) in [5, 5.41) is 0. The number of hydrogen-bond donors (Lipinski definition) is 0. The van der Waals surface area contributed by atoms with Crippen LogP contribution in [0.15, 0.2) is 0 Å². The second-order valence-corrected chi connectivity index (χ2v) is 6.40. The molecule has 1 saturated heterocycles. The van der Waals surface area contributed by atoms with Crippen LogP contribution in [0.2, 0.25) is 0 Å². The van der Waals surface area contributed by atoms with Crippen LogP contribution in [-0.2, 0) is 0 Å². The van der Waals surface area contributed by atoms with Crippen molar-refractivity contribution in [2.24, 2.45) is 17.3 Å². The number of piperidine rings is 1. The van der Waals surface area contributed by atoms with Gasteiger partial charge < -0.3 is 4.90 Å². The van der Waals surface area contributed by atoms with Gasteiger partial charge >= 0.3 is 0 Å². The van der Waals surface area contributed by atoms with Crippen LogP contribution in [0.25, 0.3) is 0 Å². The topological polar surface area (TPSA) is 3.24 Å². The van der Waals surface area contributed by atoms with Gasteiger partial charge in [-0.15, -0.1) is 0 Å². The second kappa shape index (κ2) is 4.45. The molecule has 0 aromatic carbocycles. The molecule has 1 nitrogen and oxygen atoms in total. The minimum absolute atomic E-state index is 0.750. The first-order chi connectivity index (χ1) is 7.11. The van der Waals surface area contributed by atoms with Gasteiger partial charge in [-0.1, -0.05) is 26.7 Å². The standard InChI is InChI=1S/C14H27N/c1-12(2)13-5-4-6-14(11-13)7-9-15(3)10-8-14/h12-13H,4-11H2,1-3H3. The van der Waals surface area contributed by atoms with Crippen LogP contribution in [0.4, 0.5) is 0 Å². The summed E-state index contributed by atoms with van der Waals surface area (Å²) in [4.78, 5) is 2.50. The van der Waals surface area contributed by atoms with Gasteiger partial charge in [0.05, 0.1) is 0 Å². The van der Waals surface area contributed by atoms with Gasteiger partial charge in [-0.3, -0.25) is 0 Å². The van der Waals surface area contributed by atoms with Crippen molar-refractivity contribution >= 4 is 0 Å². The monoisotopic (exact) mass is 209 g/mol. The summed E-state index contributed by atoms with van der Waals surface area (Å²) in [5.74, 6) is 1.92. The van der Waals surface area contributed by atoms with Gasteiger partial charge in [0.25, 0.3) is 0 Å². The fourth-order valence-electron chi connectivity index (χ4n) is 3.62. The van der Waals surface area contributed by atoms with Crippen molar-refractivity contribution in [3.05, 3.63) is 0 Å². The molecule has 1 saturated carbocycles. The molecule has 2 fully saturated rings. The molecule has 1 heterocycles.